The summed E-state index contributed by atoms with van der Waals surface area (Å²) in [5, 5.41) is 0. The minimum absolute atomic E-state index is 0.316. The summed E-state index contributed by atoms with van der Waals surface area (Å²) < 4.78 is 5.44. The van der Waals surface area contributed by atoms with Crippen molar-refractivity contribution >= 4 is 0 Å². The zero-order chi connectivity index (χ0) is 15.3. The summed E-state index contributed by atoms with van der Waals surface area (Å²) in [4.78, 5) is 2.66. The highest BCUT2D eigenvalue weighted by Crippen LogP contribution is 2.41. The Morgan fingerprint density at radius 2 is 2.14 bits per heavy atom. The minimum Gasteiger partial charge on any atom is -0.497 e. The molecule has 0 saturated carbocycles. The van der Waals surface area contributed by atoms with Crippen molar-refractivity contribution < 1.29 is 4.74 Å². The van der Waals surface area contributed by atoms with Gasteiger partial charge in [0.05, 0.1) is 7.11 Å². The third kappa shape index (κ3) is 4.00. The highest BCUT2D eigenvalue weighted by molar-refractivity contribution is 5.35. The lowest BCUT2D eigenvalue weighted by Gasteiger charge is -2.32. The smallest absolute Gasteiger partial charge is 0.119 e. The quantitative estimate of drug-likeness (QED) is 0.733. The van der Waals surface area contributed by atoms with Gasteiger partial charge in [-0.05, 0) is 56.0 Å². The lowest BCUT2D eigenvalue weighted by atomic mass is 9.73. The van der Waals surface area contributed by atoms with Gasteiger partial charge < -0.3 is 9.64 Å². The Kier molecular flexibility index (Phi) is 5.69. The number of rotatable bonds is 7. The van der Waals surface area contributed by atoms with Crippen LogP contribution in [0.2, 0.25) is 0 Å². The van der Waals surface area contributed by atoms with E-state index in [0.29, 0.717) is 5.41 Å². The van der Waals surface area contributed by atoms with Crippen molar-refractivity contribution in [3.05, 3.63) is 29.8 Å². The maximum absolute atomic E-state index is 5.44. The number of benzene rings is 1. The van der Waals surface area contributed by atoms with Gasteiger partial charge in [-0.2, -0.15) is 0 Å². The van der Waals surface area contributed by atoms with E-state index in [1.165, 1.54) is 50.9 Å². The number of nitrogens with zero attached hydrogens (tertiary/aromatic N) is 1. The number of hydrogen-bond acceptors (Lipinski definition) is 2. The first-order valence-electron chi connectivity index (χ1n) is 8.46. The molecule has 0 radical (unpaired) electrons. The maximum Gasteiger partial charge on any atom is 0.119 e. The van der Waals surface area contributed by atoms with Crippen LogP contribution in [0.4, 0.5) is 0 Å². The summed E-state index contributed by atoms with van der Waals surface area (Å²) in [6, 6.07) is 8.75. The van der Waals surface area contributed by atoms with Crippen LogP contribution in [-0.4, -0.2) is 31.6 Å². The number of unbranched alkanes of at least 4 members (excludes halogenated alkanes) is 1. The number of ether oxygens (including phenoxy) is 1. The van der Waals surface area contributed by atoms with Gasteiger partial charge in [0, 0.05) is 12.0 Å². The molecule has 0 spiro atoms. The van der Waals surface area contributed by atoms with Gasteiger partial charge in [0.2, 0.25) is 0 Å². The van der Waals surface area contributed by atoms with Crippen LogP contribution < -0.4 is 4.74 Å². The second kappa shape index (κ2) is 7.31. The topological polar surface area (TPSA) is 12.5 Å². The van der Waals surface area contributed by atoms with Crippen LogP contribution in [0.5, 0.6) is 5.75 Å². The van der Waals surface area contributed by atoms with Gasteiger partial charge in [-0.25, -0.2) is 0 Å². The van der Waals surface area contributed by atoms with E-state index in [1.54, 1.807) is 7.11 Å². The van der Waals surface area contributed by atoms with E-state index in [4.69, 9.17) is 4.74 Å². The Balaban J connectivity index is 2.21. The summed E-state index contributed by atoms with van der Waals surface area (Å²) in [6.07, 6.45) is 5.15. The Labute approximate surface area is 130 Å². The molecular formula is C19H31NO. The van der Waals surface area contributed by atoms with Crippen LogP contribution in [0.15, 0.2) is 24.3 Å². The molecule has 1 fully saturated rings. The Morgan fingerprint density at radius 1 is 1.33 bits per heavy atom. The molecule has 1 atom stereocenters. The molecule has 2 heteroatoms. The monoisotopic (exact) mass is 289 g/mol. The molecule has 1 aromatic carbocycles. The molecule has 0 N–H and O–H groups in total. The van der Waals surface area contributed by atoms with Crippen molar-refractivity contribution in [2.24, 2.45) is 5.92 Å². The Morgan fingerprint density at radius 3 is 2.81 bits per heavy atom. The molecule has 0 unspecified atom stereocenters. The van der Waals surface area contributed by atoms with Crippen LogP contribution in [0, 0.1) is 5.92 Å². The lowest BCUT2D eigenvalue weighted by molar-refractivity contribution is 0.283. The van der Waals surface area contributed by atoms with Gasteiger partial charge in [-0.15, -0.1) is 0 Å². The van der Waals surface area contributed by atoms with E-state index in [2.05, 4.69) is 49.9 Å². The van der Waals surface area contributed by atoms with Gasteiger partial charge in [0.1, 0.15) is 5.75 Å². The average molecular weight is 289 g/mol. The number of methoxy groups -OCH3 is 1. The summed E-state index contributed by atoms with van der Waals surface area (Å²) in [6.45, 7) is 10.7. The number of hydrogen-bond donors (Lipinski definition) is 0. The second-order valence-electron chi connectivity index (χ2n) is 6.99. The average Bonchev–Trinajstić information content (AvgIpc) is 2.89. The molecule has 0 aromatic heterocycles. The Bertz CT molecular complexity index is 443. The minimum atomic E-state index is 0.316. The second-order valence-corrected chi connectivity index (χ2v) is 6.99. The molecule has 0 aliphatic carbocycles. The molecule has 1 aliphatic rings. The van der Waals surface area contributed by atoms with E-state index in [1.807, 2.05) is 0 Å². The van der Waals surface area contributed by atoms with Crippen molar-refractivity contribution in [3.63, 3.8) is 0 Å². The third-order valence-electron chi connectivity index (χ3n) is 4.74. The molecule has 21 heavy (non-hydrogen) atoms. The van der Waals surface area contributed by atoms with Crippen LogP contribution >= 0.6 is 0 Å². The van der Waals surface area contributed by atoms with E-state index < -0.39 is 0 Å². The summed E-state index contributed by atoms with van der Waals surface area (Å²) >= 11 is 0. The van der Waals surface area contributed by atoms with Crippen molar-refractivity contribution in [1.82, 2.24) is 4.90 Å². The molecular weight excluding hydrogens is 258 g/mol. The molecule has 1 saturated heterocycles. The first-order valence-corrected chi connectivity index (χ1v) is 8.46. The number of likely N-dealkylation sites (tertiary alicyclic amines) is 1. The van der Waals surface area contributed by atoms with Crippen LogP contribution in [-0.2, 0) is 5.41 Å². The van der Waals surface area contributed by atoms with E-state index in [-0.39, 0.29) is 0 Å². The van der Waals surface area contributed by atoms with Crippen molar-refractivity contribution in [3.8, 4) is 5.75 Å². The Hall–Kier alpha value is -1.02. The molecule has 2 rings (SSSR count). The molecule has 0 amide bonds. The fraction of sp³-hybridized carbons (Fsp3) is 0.684. The summed E-state index contributed by atoms with van der Waals surface area (Å²) in [5.74, 6) is 1.71. The van der Waals surface area contributed by atoms with Gasteiger partial charge in [0.15, 0.2) is 0 Å². The van der Waals surface area contributed by atoms with Gasteiger partial charge in [0.25, 0.3) is 0 Å². The molecule has 1 aromatic rings. The first-order chi connectivity index (χ1) is 10.1. The summed E-state index contributed by atoms with van der Waals surface area (Å²) in [7, 11) is 1.76. The van der Waals surface area contributed by atoms with Crippen molar-refractivity contribution in [2.45, 2.75) is 51.9 Å². The van der Waals surface area contributed by atoms with Gasteiger partial charge in [-0.3, -0.25) is 0 Å². The highest BCUT2D eigenvalue weighted by Gasteiger charge is 2.39. The molecule has 1 heterocycles. The fourth-order valence-electron chi connectivity index (χ4n) is 3.79. The van der Waals surface area contributed by atoms with E-state index in [0.717, 1.165) is 11.7 Å². The molecule has 118 valence electrons. The first kappa shape index (κ1) is 16.4. The van der Waals surface area contributed by atoms with Crippen LogP contribution in [0.25, 0.3) is 0 Å². The molecule has 1 aliphatic heterocycles. The normalized spacial score (nSPS) is 22.9. The summed E-state index contributed by atoms with van der Waals surface area (Å²) in [5.41, 5.74) is 1.78. The lowest BCUT2D eigenvalue weighted by Crippen LogP contribution is -2.33. The standard InChI is InChI=1S/C19H31NO/c1-5-6-11-20-12-10-19(15-20,14-16(2)3)17-8-7-9-18(13-17)21-4/h7-9,13,16H,5-6,10-12,14-15H2,1-4H3/t19-/m0/s1. The highest BCUT2D eigenvalue weighted by atomic mass is 16.5. The van der Waals surface area contributed by atoms with Crippen molar-refractivity contribution in [2.75, 3.05) is 26.7 Å². The van der Waals surface area contributed by atoms with E-state index in [9.17, 15) is 0 Å². The zero-order valence-electron chi connectivity index (χ0n) is 14.2. The molecule has 2 nitrogen and oxygen atoms in total. The maximum atomic E-state index is 5.44. The predicted octanol–water partition coefficient (Wildman–Crippen LogP) is 4.48. The zero-order valence-corrected chi connectivity index (χ0v) is 14.2. The van der Waals surface area contributed by atoms with Crippen LogP contribution in [0.1, 0.15) is 52.0 Å². The van der Waals surface area contributed by atoms with Crippen LogP contribution in [0.3, 0.4) is 0 Å². The van der Waals surface area contributed by atoms with Gasteiger partial charge >= 0.3 is 0 Å². The third-order valence-corrected chi connectivity index (χ3v) is 4.74. The largest absolute Gasteiger partial charge is 0.497 e. The SMILES string of the molecule is CCCCN1CC[C@@](CC(C)C)(c2cccc(OC)c2)C1. The van der Waals surface area contributed by atoms with Crippen molar-refractivity contribution in [1.29, 1.82) is 0 Å². The molecule has 0 bridgehead atoms. The van der Waals surface area contributed by atoms with E-state index >= 15 is 0 Å². The van der Waals surface area contributed by atoms with Gasteiger partial charge in [-0.1, -0.05) is 39.3 Å². The fourth-order valence-corrected chi connectivity index (χ4v) is 3.79. The predicted molar refractivity (Wildman–Crippen MR) is 90.1 cm³/mol.